The fraction of sp³-hybridized carbons (Fsp3) is 0.0952. The van der Waals surface area contributed by atoms with Gasteiger partial charge in [-0.2, -0.15) is 0 Å². The summed E-state index contributed by atoms with van der Waals surface area (Å²) in [6, 6.07) is 23.3. The summed E-state index contributed by atoms with van der Waals surface area (Å²) >= 11 is 0. The molecule has 0 spiro atoms. The third kappa shape index (κ3) is 2.35. The first-order valence-corrected chi connectivity index (χ1v) is 8.26. The minimum atomic E-state index is 0.989. The molecular formula is C21H17N3. The Kier molecular flexibility index (Phi) is 2.92. The molecule has 1 saturated heterocycles. The number of anilines is 1. The molecule has 0 bridgehead atoms. The SMILES string of the molecule is c1ccc(-c2ccc(-c3cn4cc(N5CC5)ccc4n3)cc2)cc1. The predicted octanol–water partition coefficient (Wildman–Crippen LogP) is 4.49. The average Bonchev–Trinajstić information content (AvgIpc) is 3.41. The fourth-order valence-electron chi connectivity index (χ4n) is 3.08. The molecule has 0 radical (unpaired) electrons. The number of imidazole rings is 1. The summed E-state index contributed by atoms with van der Waals surface area (Å²) in [4.78, 5) is 7.09. The topological polar surface area (TPSA) is 20.3 Å². The summed E-state index contributed by atoms with van der Waals surface area (Å²) in [7, 11) is 0. The summed E-state index contributed by atoms with van der Waals surface area (Å²) in [5.74, 6) is 0. The van der Waals surface area contributed by atoms with Crippen molar-refractivity contribution >= 4 is 11.3 Å². The van der Waals surface area contributed by atoms with Crippen LogP contribution < -0.4 is 4.90 Å². The Morgan fingerprint density at radius 1 is 0.667 bits per heavy atom. The van der Waals surface area contributed by atoms with E-state index in [1.807, 2.05) is 6.07 Å². The molecule has 1 aliphatic heterocycles. The summed E-state index contributed by atoms with van der Waals surface area (Å²) in [5, 5.41) is 0. The van der Waals surface area contributed by atoms with Gasteiger partial charge in [-0.25, -0.2) is 4.98 Å². The minimum absolute atomic E-state index is 0.989. The van der Waals surface area contributed by atoms with E-state index in [2.05, 4.69) is 82.4 Å². The molecule has 3 heteroatoms. The molecule has 2 aromatic carbocycles. The lowest BCUT2D eigenvalue weighted by molar-refractivity contribution is 1.17. The van der Waals surface area contributed by atoms with Gasteiger partial charge in [-0.05, 0) is 23.3 Å². The molecule has 24 heavy (non-hydrogen) atoms. The molecule has 5 rings (SSSR count). The van der Waals surface area contributed by atoms with Crippen molar-refractivity contribution in [2.45, 2.75) is 0 Å². The molecule has 1 fully saturated rings. The van der Waals surface area contributed by atoms with E-state index in [1.54, 1.807) is 0 Å². The molecule has 0 unspecified atom stereocenters. The van der Waals surface area contributed by atoms with Crippen molar-refractivity contribution in [3.8, 4) is 22.4 Å². The van der Waals surface area contributed by atoms with E-state index < -0.39 is 0 Å². The number of fused-ring (bicyclic) bond motifs is 1. The van der Waals surface area contributed by atoms with E-state index in [9.17, 15) is 0 Å². The largest absolute Gasteiger partial charge is 0.367 e. The van der Waals surface area contributed by atoms with Gasteiger partial charge in [0.2, 0.25) is 0 Å². The Morgan fingerprint density at radius 3 is 2.12 bits per heavy atom. The van der Waals surface area contributed by atoms with Gasteiger partial charge in [0.25, 0.3) is 0 Å². The van der Waals surface area contributed by atoms with Crippen LogP contribution in [0.3, 0.4) is 0 Å². The van der Waals surface area contributed by atoms with Crippen LogP contribution in [0.15, 0.2) is 79.1 Å². The van der Waals surface area contributed by atoms with E-state index in [1.165, 1.54) is 16.8 Å². The Labute approximate surface area is 140 Å². The highest BCUT2D eigenvalue weighted by atomic mass is 15.3. The normalized spacial score (nSPS) is 13.4. The Balaban J connectivity index is 1.50. The van der Waals surface area contributed by atoms with Crippen molar-refractivity contribution in [1.82, 2.24) is 9.38 Å². The van der Waals surface area contributed by atoms with Gasteiger partial charge in [-0.15, -0.1) is 0 Å². The van der Waals surface area contributed by atoms with Crippen molar-refractivity contribution in [2.75, 3.05) is 18.0 Å². The molecule has 116 valence electrons. The molecule has 3 heterocycles. The van der Waals surface area contributed by atoms with Crippen LogP contribution in [0.1, 0.15) is 0 Å². The Hall–Kier alpha value is -3.07. The zero-order chi connectivity index (χ0) is 15.9. The van der Waals surface area contributed by atoms with Crippen LogP contribution >= 0.6 is 0 Å². The van der Waals surface area contributed by atoms with Crippen LogP contribution in [0.5, 0.6) is 0 Å². The lowest BCUT2D eigenvalue weighted by atomic mass is 10.0. The monoisotopic (exact) mass is 311 g/mol. The number of benzene rings is 2. The lowest BCUT2D eigenvalue weighted by Crippen LogP contribution is -1.92. The zero-order valence-electron chi connectivity index (χ0n) is 13.3. The van der Waals surface area contributed by atoms with Crippen LogP contribution in [0, 0.1) is 0 Å². The minimum Gasteiger partial charge on any atom is -0.367 e. The summed E-state index contributed by atoms with van der Waals surface area (Å²) in [6.45, 7) is 2.32. The highest BCUT2D eigenvalue weighted by molar-refractivity contribution is 5.70. The first-order valence-electron chi connectivity index (χ1n) is 8.26. The van der Waals surface area contributed by atoms with Crippen LogP contribution in [-0.4, -0.2) is 22.5 Å². The highest BCUT2D eigenvalue weighted by Crippen LogP contribution is 2.26. The third-order valence-corrected chi connectivity index (χ3v) is 4.54. The van der Waals surface area contributed by atoms with Crippen LogP contribution in [0.4, 0.5) is 5.69 Å². The summed E-state index contributed by atoms with van der Waals surface area (Å²) in [6.07, 6.45) is 4.27. The third-order valence-electron chi connectivity index (χ3n) is 4.54. The maximum absolute atomic E-state index is 4.75. The average molecular weight is 311 g/mol. The molecule has 0 amide bonds. The number of rotatable bonds is 3. The number of hydrogen-bond acceptors (Lipinski definition) is 2. The van der Waals surface area contributed by atoms with E-state index >= 15 is 0 Å². The van der Waals surface area contributed by atoms with Crippen LogP contribution in [0.25, 0.3) is 28.0 Å². The predicted molar refractivity (Wildman–Crippen MR) is 98.3 cm³/mol. The number of nitrogens with zero attached hydrogens (tertiary/aromatic N) is 3. The molecule has 2 aromatic heterocycles. The first kappa shape index (κ1) is 13.4. The van der Waals surface area contributed by atoms with Crippen molar-refractivity contribution < 1.29 is 0 Å². The second-order valence-corrected chi connectivity index (χ2v) is 6.21. The molecule has 1 aliphatic rings. The van der Waals surface area contributed by atoms with Gasteiger partial charge in [-0.1, -0.05) is 54.6 Å². The summed E-state index contributed by atoms with van der Waals surface area (Å²) in [5.41, 5.74) is 6.88. The van der Waals surface area contributed by atoms with E-state index in [0.29, 0.717) is 0 Å². The van der Waals surface area contributed by atoms with Gasteiger partial charge >= 0.3 is 0 Å². The second kappa shape index (κ2) is 5.24. The molecule has 4 aromatic rings. The number of aromatic nitrogens is 2. The summed E-state index contributed by atoms with van der Waals surface area (Å²) < 4.78 is 2.12. The van der Waals surface area contributed by atoms with Gasteiger partial charge in [0.15, 0.2) is 0 Å². The Morgan fingerprint density at radius 2 is 1.38 bits per heavy atom. The van der Waals surface area contributed by atoms with Gasteiger partial charge in [-0.3, -0.25) is 0 Å². The molecular weight excluding hydrogens is 294 g/mol. The highest BCUT2D eigenvalue weighted by Gasteiger charge is 2.18. The Bertz CT molecular complexity index is 996. The van der Waals surface area contributed by atoms with Crippen LogP contribution in [0.2, 0.25) is 0 Å². The van der Waals surface area contributed by atoms with E-state index in [0.717, 1.165) is 30.0 Å². The number of pyridine rings is 1. The van der Waals surface area contributed by atoms with Crippen molar-refractivity contribution in [1.29, 1.82) is 0 Å². The lowest BCUT2D eigenvalue weighted by Gasteiger charge is -2.02. The molecule has 0 N–H and O–H groups in total. The first-order chi connectivity index (χ1) is 11.9. The van der Waals surface area contributed by atoms with Gasteiger partial charge in [0.05, 0.1) is 11.4 Å². The van der Waals surface area contributed by atoms with Gasteiger partial charge in [0.1, 0.15) is 5.65 Å². The van der Waals surface area contributed by atoms with Gasteiger partial charge < -0.3 is 9.30 Å². The van der Waals surface area contributed by atoms with Crippen molar-refractivity contribution in [3.63, 3.8) is 0 Å². The van der Waals surface area contributed by atoms with E-state index in [4.69, 9.17) is 4.98 Å². The second-order valence-electron chi connectivity index (χ2n) is 6.21. The maximum Gasteiger partial charge on any atom is 0.137 e. The van der Waals surface area contributed by atoms with Crippen LogP contribution in [-0.2, 0) is 0 Å². The smallest absolute Gasteiger partial charge is 0.137 e. The van der Waals surface area contributed by atoms with Crippen molar-refractivity contribution in [3.05, 3.63) is 79.1 Å². The van der Waals surface area contributed by atoms with Gasteiger partial charge in [0, 0.05) is 31.0 Å². The zero-order valence-corrected chi connectivity index (χ0v) is 13.3. The molecule has 3 nitrogen and oxygen atoms in total. The van der Waals surface area contributed by atoms with E-state index in [-0.39, 0.29) is 0 Å². The molecule has 0 atom stereocenters. The van der Waals surface area contributed by atoms with Crippen molar-refractivity contribution in [2.24, 2.45) is 0 Å². The standard InChI is InChI=1S/C21H17N3/c1-2-4-16(5-3-1)17-6-8-18(9-7-17)20-15-24-14-19(23-12-13-23)10-11-21(24)22-20/h1-11,14-15H,12-13H2. The number of hydrogen-bond donors (Lipinski definition) is 0. The quantitative estimate of drug-likeness (QED) is 0.520. The molecule has 0 saturated carbocycles. The molecule has 0 aliphatic carbocycles. The maximum atomic E-state index is 4.75. The fourth-order valence-corrected chi connectivity index (χ4v) is 3.08.